The maximum absolute atomic E-state index is 12.2. The minimum absolute atomic E-state index is 0.0355. The Bertz CT molecular complexity index is 877. The predicted octanol–water partition coefficient (Wildman–Crippen LogP) is 4.14. The van der Waals surface area contributed by atoms with Crippen LogP contribution in [0.3, 0.4) is 0 Å². The van der Waals surface area contributed by atoms with Crippen molar-refractivity contribution in [1.82, 2.24) is 4.72 Å². The number of sulfonamides is 1. The standard InChI is InChI=1S/C15H11Cl3N2O2S/c16-13-4-2-11(12(5-13)7-19)9-23(21,22)20-8-10-1-3-14(17)6-15(10)18/h1-6,20H,8-9H2. The Morgan fingerprint density at radius 3 is 2.22 bits per heavy atom. The molecule has 0 saturated carbocycles. The molecule has 2 aromatic rings. The van der Waals surface area contributed by atoms with Crippen LogP contribution in [0.5, 0.6) is 0 Å². The molecular formula is C15H11Cl3N2O2S. The molecular weight excluding hydrogens is 379 g/mol. The van der Waals surface area contributed by atoms with Gasteiger partial charge >= 0.3 is 0 Å². The van der Waals surface area contributed by atoms with Crippen molar-refractivity contribution < 1.29 is 8.42 Å². The van der Waals surface area contributed by atoms with Crippen molar-refractivity contribution >= 4 is 44.8 Å². The van der Waals surface area contributed by atoms with E-state index in [0.717, 1.165) is 0 Å². The van der Waals surface area contributed by atoms with E-state index in [1.807, 2.05) is 6.07 Å². The number of nitriles is 1. The van der Waals surface area contributed by atoms with Crippen LogP contribution in [0, 0.1) is 11.3 Å². The van der Waals surface area contributed by atoms with E-state index in [1.54, 1.807) is 24.3 Å². The summed E-state index contributed by atoms with van der Waals surface area (Å²) in [6, 6.07) is 11.3. The smallest absolute Gasteiger partial charge is 0.212 e. The molecule has 0 spiro atoms. The molecule has 23 heavy (non-hydrogen) atoms. The lowest BCUT2D eigenvalue weighted by Crippen LogP contribution is -2.25. The highest BCUT2D eigenvalue weighted by Crippen LogP contribution is 2.21. The normalized spacial score (nSPS) is 11.2. The number of hydrogen-bond acceptors (Lipinski definition) is 3. The second-order valence-corrected chi connectivity index (χ2v) is 7.82. The van der Waals surface area contributed by atoms with E-state index in [2.05, 4.69) is 4.72 Å². The number of halogens is 3. The molecule has 0 aliphatic heterocycles. The summed E-state index contributed by atoms with van der Waals surface area (Å²) >= 11 is 17.6. The summed E-state index contributed by atoms with van der Waals surface area (Å²) in [5.41, 5.74) is 1.22. The second kappa shape index (κ2) is 7.52. The summed E-state index contributed by atoms with van der Waals surface area (Å²) in [7, 11) is -3.64. The first-order valence-corrected chi connectivity index (χ1v) is 9.19. The average Bonchev–Trinajstić information content (AvgIpc) is 2.48. The first-order valence-electron chi connectivity index (χ1n) is 6.40. The second-order valence-electron chi connectivity index (χ2n) is 4.73. The average molecular weight is 390 g/mol. The summed E-state index contributed by atoms with van der Waals surface area (Å²) in [4.78, 5) is 0. The Morgan fingerprint density at radius 2 is 1.61 bits per heavy atom. The summed E-state index contributed by atoms with van der Waals surface area (Å²) in [5.74, 6) is -0.321. The zero-order valence-corrected chi connectivity index (χ0v) is 14.8. The summed E-state index contributed by atoms with van der Waals surface area (Å²) in [6.07, 6.45) is 0. The van der Waals surface area contributed by atoms with Crippen LogP contribution in [0.2, 0.25) is 15.1 Å². The Labute approximate surface area is 149 Å². The molecule has 120 valence electrons. The molecule has 0 aromatic heterocycles. The molecule has 0 amide bonds. The van der Waals surface area contributed by atoms with Crippen LogP contribution in [-0.4, -0.2) is 8.42 Å². The zero-order chi connectivity index (χ0) is 17.0. The van der Waals surface area contributed by atoms with Gasteiger partial charge in [0.15, 0.2) is 0 Å². The molecule has 4 nitrogen and oxygen atoms in total. The van der Waals surface area contributed by atoms with Gasteiger partial charge in [0.05, 0.1) is 17.4 Å². The van der Waals surface area contributed by atoms with Crippen molar-refractivity contribution in [2.75, 3.05) is 0 Å². The van der Waals surface area contributed by atoms with Gasteiger partial charge < -0.3 is 0 Å². The molecule has 0 saturated heterocycles. The van der Waals surface area contributed by atoms with Gasteiger partial charge in [-0.05, 0) is 35.4 Å². The number of rotatable bonds is 5. The van der Waals surface area contributed by atoms with Gasteiger partial charge in [-0.15, -0.1) is 0 Å². The third-order valence-corrected chi connectivity index (χ3v) is 5.13. The third kappa shape index (κ3) is 5.10. The number of benzene rings is 2. The fourth-order valence-corrected chi connectivity index (χ4v) is 3.67. The van der Waals surface area contributed by atoms with Crippen LogP contribution in [-0.2, 0) is 22.3 Å². The molecule has 1 N–H and O–H groups in total. The SMILES string of the molecule is N#Cc1cc(Cl)ccc1CS(=O)(=O)NCc1ccc(Cl)cc1Cl. The van der Waals surface area contributed by atoms with Crippen molar-refractivity contribution in [3.63, 3.8) is 0 Å². The van der Waals surface area contributed by atoms with Crippen LogP contribution < -0.4 is 4.72 Å². The van der Waals surface area contributed by atoms with Crippen molar-refractivity contribution in [3.05, 3.63) is 68.2 Å². The van der Waals surface area contributed by atoms with E-state index in [0.29, 0.717) is 26.2 Å². The van der Waals surface area contributed by atoms with E-state index in [4.69, 9.17) is 40.1 Å². The maximum atomic E-state index is 12.2. The molecule has 8 heteroatoms. The molecule has 0 heterocycles. The van der Waals surface area contributed by atoms with Crippen LogP contribution >= 0.6 is 34.8 Å². The lowest BCUT2D eigenvalue weighted by molar-refractivity contribution is 0.580. The Kier molecular flexibility index (Phi) is 5.90. The molecule has 2 aromatic carbocycles. The molecule has 0 aliphatic rings. The largest absolute Gasteiger partial charge is 0.216 e. The van der Waals surface area contributed by atoms with Gasteiger partial charge in [0.25, 0.3) is 0 Å². The van der Waals surface area contributed by atoms with Crippen molar-refractivity contribution in [1.29, 1.82) is 5.26 Å². The van der Waals surface area contributed by atoms with Gasteiger partial charge in [-0.3, -0.25) is 0 Å². The highest BCUT2D eigenvalue weighted by molar-refractivity contribution is 7.88. The quantitative estimate of drug-likeness (QED) is 0.835. The highest BCUT2D eigenvalue weighted by Gasteiger charge is 2.15. The Balaban J connectivity index is 2.12. The molecule has 0 radical (unpaired) electrons. The van der Waals surface area contributed by atoms with Crippen LogP contribution in [0.25, 0.3) is 0 Å². The molecule has 2 rings (SSSR count). The maximum Gasteiger partial charge on any atom is 0.216 e. The Morgan fingerprint density at radius 1 is 1.00 bits per heavy atom. The lowest BCUT2D eigenvalue weighted by atomic mass is 10.1. The monoisotopic (exact) mass is 388 g/mol. The predicted molar refractivity (Wildman–Crippen MR) is 92.1 cm³/mol. The number of nitrogens with zero attached hydrogens (tertiary/aromatic N) is 1. The molecule has 0 unspecified atom stereocenters. The van der Waals surface area contributed by atoms with Crippen LogP contribution in [0.1, 0.15) is 16.7 Å². The topological polar surface area (TPSA) is 70.0 Å². The van der Waals surface area contributed by atoms with Crippen molar-refractivity contribution in [2.24, 2.45) is 0 Å². The van der Waals surface area contributed by atoms with E-state index < -0.39 is 10.0 Å². The first kappa shape index (κ1) is 18.1. The van der Waals surface area contributed by atoms with Gasteiger partial charge in [0.1, 0.15) is 0 Å². The van der Waals surface area contributed by atoms with Crippen molar-refractivity contribution in [3.8, 4) is 6.07 Å². The van der Waals surface area contributed by atoms with Gasteiger partial charge in [-0.1, -0.05) is 46.9 Å². The van der Waals surface area contributed by atoms with Gasteiger partial charge in [0, 0.05) is 21.6 Å². The van der Waals surface area contributed by atoms with Gasteiger partial charge in [0.2, 0.25) is 10.0 Å². The lowest BCUT2D eigenvalue weighted by Gasteiger charge is -2.09. The van der Waals surface area contributed by atoms with Crippen LogP contribution in [0.4, 0.5) is 0 Å². The third-order valence-electron chi connectivity index (χ3n) is 3.04. The zero-order valence-electron chi connectivity index (χ0n) is 11.7. The highest BCUT2D eigenvalue weighted by atomic mass is 35.5. The van der Waals surface area contributed by atoms with E-state index in [-0.39, 0.29) is 17.9 Å². The fraction of sp³-hybridized carbons (Fsp3) is 0.133. The van der Waals surface area contributed by atoms with Crippen molar-refractivity contribution in [2.45, 2.75) is 12.3 Å². The summed E-state index contributed by atoms with van der Waals surface area (Å²) in [6.45, 7) is 0.0355. The first-order chi connectivity index (χ1) is 10.8. The van der Waals surface area contributed by atoms with E-state index >= 15 is 0 Å². The van der Waals surface area contributed by atoms with E-state index in [1.165, 1.54) is 12.1 Å². The molecule has 0 aliphatic carbocycles. The van der Waals surface area contributed by atoms with Crippen LogP contribution in [0.15, 0.2) is 36.4 Å². The van der Waals surface area contributed by atoms with Gasteiger partial charge in [-0.2, -0.15) is 5.26 Å². The number of nitrogens with one attached hydrogen (secondary N) is 1. The fourth-order valence-electron chi connectivity index (χ4n) is 1.89. The molecule has 0 bridgehead atoms. The molecule has 0 atom stereocenters. The minimum atomic E-state index is -3.64. The summed E-state index contributed by atoms with van der Waals surface area (Å²) < 4.78 is 26.8. The van der Waals surface area contributed by atoms with E-state index in [9.17, 15) is 8.42 Å². The minimum Gasteiger partial charge on any atom is -0.212 e. The number of hydrogen-bond donors (Lipinski definition) is 1. The summed E-state index contributed by atoms with van der Waals surface area (Å²) in [5, 5.41) is 10.3. The molecule has 0 fully saturated rings. The Hall–Kier alpha value is -1.29. The van der Waals surface area contributed by atoms with Gasteiger partial charge in [-0.25, -0.2) is 13.1 Å².